The first kappa shape index (κ1) is 12.2. The molecule has 0 bridgehead atoms. The molecule has 3 nitrogen and oxygen atoms in total. The van der Waals surface area contributed by atoms with Crippen molar-refractivity contribution in [1.82, 2.24) is 5.32 Å². The first-order valence-corrected chi connectivity index (χ1v) is 4.90. The fourth-order valence-electron chi connectivity index (χ4n) is 1.16. The molecule has 0 heterocycles. The lowest BCUT2D eigenvalue weighted by Gasteiger charge is -2.08. The molecule has 0 aliphatic heterocycles. The summed E-state index contributed by atoms with van der Waals surface area (Å²) < 4.78 is 18.0. The minimum Gasteiger partial charge on any atom is -0.484 e. The van der Waals surface area contributed by atoms with Crippen LogP contribution in [0.5, 0.6) is 5.75 Å². The lowest BCUT2D eigenvalue weighted by molar-refractivity contribution is -0.122. The molecule has 0 radical (unpaired) electrons. The molecule has 1 rings (SSSR count). The van der Waals surface area contributed by atoms with E-state index in [0.29, 0.717) is 17.9 Å². The van der Waals surface area contributed by atoms with Crippen molar-refractivity contribution in [1.29, 1.82) is 0 Å². The third kappa shape index (κ3) is 3.73. The SMILES string of the molecule is C=CCNC(=O)COc1ccc(F)cc1C. The second-order valence-corrected chi connectivity index (χ2v) is 3.29. The highest BCUT2D eigenvalue weighted by Gasteiger charge is 2.04. The van der Waals surface area contributed by atoms with E-state index in [1.807, 2.05) is 0 Å². The van der Waals surface area contributed by atoms with Crippen molar-refractivity contribution >= 4 is 5.91 Å². The summed E-state index contributed by atoms with van der Waals surface area (Å²) >= 11 is 0. The van der Waals surface area contributed by atoms with E-state index in [-0.39, 0.29) is 18.3 Å². The Labute approximate surface area is 93.9 Å². The zero-order chi connectivity index (χ0) is 12.0. The van der Waals surface area contributed by atoms with Gasteiger partial charge >= 0.3 is 0 Å². The molecule has 1 N–H and O–H groups in total. The van der Waals surface area contributed by atoms with Crippen molar-refractivity contribution in [3.63, 3.8) is 0 Å². The highest BCUT2D eigenvalue weighted by molar-refractivity contribution is 5.77. The quantitative estimate of drug-likeness (QED) is 0.773. The fourth-order valence-corrected chi connectivity index (χ4v) is 1.16. The van der Waals surface area contributed by atoms with Crippen LogP contribution in [0.3, 0.4) is 0 Å². The van der Waals surface area contributed by atoms with Crippen LogP contribution in [0.25, 0.3) is 0 Å². The molecule has 0 aromatic heterocycles. The van der Waals surface area contributed by atoms with Crippen LogP contribution in [0, 0.1) is 12.7 Å². The van der Waals surface area contributed by atoms with Gasteiger partial charge in [-0.1, -0.05) is 6.08 Å². The Hall–Kier alpha value is -1.84. The minimum atomic E-state index is -0.319. The molecule has 0 saturated carbocycles. The molecule has 0 aliphatic carbocycles. The van der Waals surface area contributed by atoms with Gasteiger partial charge in [-0.25, -0.2) is 4.39 Å². The number of ether oxygens (including phenoxy) is 1. The molecule has 0 aliphatic rings. The summed E-state index contributed by atoms with van der Waals surface area (Å²) in [5.74, 6) is -0.0419. The van der Waals surface area contributed by atoms with E-state index in [1.54, 1.807) is 13.0 Å². The largest absolute Gasteiger partial charge is 0.484 e. The molecule has 0 spiro atoms. The molecule has 0 atom stereocenters. The van der Waals surface area contributed by atoms with E-state index in [0.717, 1.165) is 0 Å². The number of hydrogen-bond donors (Lipinski definition) is 1. The van der Waals surface area contributed by atoms with Crippen molar-refractivity contribution in [2.75, 3.05) is 13.2 Å². The van der Waals surface area contributed by atoms with Gasteiger partial charge < -0.3 is 10.1 Å². The van der Waals surface area contributed by atoms with Crippen molar-refractivity contribution in [3.05, 3.63) is 42.2 Å². The van der Waals surface area contributed by atoms with Crippen LogP contribution >= 0.6 is 0 Å². The van der Waals surface area contributed by atoms with E-state index in [1.165, 1.54) is 18.2 Å². The van der Waals surface area contributed by atoms with Crippen molar-refractivity contribution in [2.24, 2.45) is 0 Å². The predicted molar refractivity (Wildman–Crippen MR) is 59.8 cm³/mol. The standard InChI is InChI=1S/C12H14FNO2/c1-3-6-14-12(15)8-16-11-5-4-10(13)7-9(11)2/h3-5,7H,1,6,8H2,2H3,(H,14,15). The summed E-state index contributed by atoms with van der Waals surface area (Å²) in [7, 11) is 0. The fraction of sp³-hybridized carbons (Fsp3) is 0.250. The molecule has 0 unspecified atom stereocenters. The van der Waals surface area contributed by atoms with E-state index >= 15 is 0 Å². The van der Waals surface area contributed by atoms with Gasteiger partial charge in [-0.3, -0.25) is 4.79 Å². The molecule has 0 saturated heterocycles. The average molecular weight is 223 g/mol. The zero-order valence-electron chi connectivity index (χ0n) is 9.13. The van der Waals surface area contributed by atoms with Crippen LogP contribution in [-0.4, -0.2) is 19.1 Å². The first-order valence-electron chi connectivity index (χ1n) is 4.90. The Kier molecular flexibility index (Phi) is 4.51. The summed E-state index contributed by atoms with van der Waals surface area (Å²) in [6.45, 7) is 5.52. The van der Waals surface area contributed by atoms with Gasteiger partial charge in [-0.2, -0.15) is 0 Å². The Morgan fingerprint density at radius 3 is 3.00 bits per heavy atom. The summed E-state index contributed by atoms with van der Waals surface area (Å²) in [5.41, 5.74) is 0.663. The number of benzene rings is 1. The molecule has 4 heteroatoms. The zero-order valence-corrected chi connectivity index (χ0v) is 9.13. The van der Waals surface area contributed by atoms with Crippen LogP contribution in [-0.2, 0) is 4.79 Å². The number of rotatable bonds is 5. The highest BCUT2D eigenvalue weighted by Crippen LogP contribution is 2.17. The lowest BCUT2D eigenvalue weighted by Crippen LogP contribution is -2.28. The molecule has 1 amide bonds. The predicted octanol–water partition coefficient (Wildman–Crippen LogP) is 1.82. The maximum atomic E-state index is 12.8. The maximum absolute atomic E-state index is 12.8. The number of aryl methyl sites for hydroxylation is 1. The molecular formula is C12H14FNO2. The molecule has 1 aromatic rings. The number of hydrogen-bond acceptors (Lipinski definition) is 2. The summed E-state index contributed by atoms with van der Waals surface area (Å²) in [5, 5.41) is 2.58. The van der Waals surface area contributed by atoms with Crippen molar-refractivity contribution in [3.8, 4) is 5.75 Å². The van der Waals surface area contributed by atoms with Crippen LogP contribution in [0.15, 0.2) is 30.9 Å². The van der Waals surface area contributed by atoms with E-state index in [4.69, 9.17) is 4.74 Å². The molecule has 0 fully saturated rings. The van der Waals surface area contributed by atoms with Gasteiger partial charge in [-0.15, -0.1) is 6.58 Å². The molecule has 1 aromatic carbocycles. The average Bonchev–Trinajstić information content (AvgIpc) is 2.25. The number of nitrogens with one attached hydrogen (secondary N) is 1. The second kappa shape index (κ2) is 5.90. The van der Waals surface area contributed by atoms with Crippen LogP contribution < -0.4 is 10.1 Å². The maximum Gasteiger partial charge on any atom is 0.258 e. The number of carbonyl (C=O) groups is 1. The van der Waals surface area contributed by atoms with Gasteiger partial charge in [-0.05, 0) is 30.7 Å². The van der Waals surface area contributed by atoms with Crippen LogP contribution in [0.2, 0.25) is 0 Å². The van der Waals surface area contributed by atoms with Gasteiger partial charge in [0.25, 0.3) is 5.91 Å². The van der Waals surface area contributed by atoms with Gasteiger partial charge in [0.05, 0.1) is 0 Å². The molecule has 86 valence electrons. The number of amides is 1. The summed E-state index contributed by atoms with van der Waals surface area (Å²) in [4.78, 5) is 11.2. The monoisotopic (exact) mass is 223 g/mol. The smallest absolute Gasteiger partial charge is 0.258 e. The Morgan fingerprint density at radius 1 is 1.62 bits per heavy atom. The van der Waals surface area contributed by atoms with E-state index in [2.05, 4.69) is 11.9 Å². The topological polar surface area (TPSA) is 38.3 Å². The van der Waals surface area contributed by atoms with Crippen molar-refractivity contribution in [2.45, 2.75) is 6.92 Å². The second-order valence-electron chi connectivity index (χ2n) is 3.29. The number of carbonyl (C=O) groups excluding carboxylic acids is 1. The van der Waals surface area contributed by atoms with Gasteiger partial charge in [0.15, 0.2) is 6.61 Å². The minimum absolute atomic E-state index is 0.0830. The third-order valence-corrected chi connectivity index (χ3v) is 1.94. The van der Waals surface area contributed by atoms with Crippen LogP contribution in [0.4, 0.5) is 4.39 Å². The molecule has 16 heavy (non-hydrogen) atoms. The molecular weight excluding hydrogens is 209 g/mol. The Bertz CT molecular complexity index is 391. The van der Waals surface area contributed by atoms with E-state index in [9.17, 15) is 9.18 Å². The first-order chi connectivity index (χ1) is 7.63. The summed E-state index contributed by atoms with van der Waals surface area (Å²) in [6, 6.07) is 4.16. The van der Waals surface area contributed by atoms with E-state index < -0.39 is 0 Å². The van der Waals surface area contributed by atoms with Gasteiger partial charge in [0.2, 0.25) is 0 Å². The lowest BCUT2D eigenvalue weighted by atomic mass is 10.2. The van der Waals surface area contributed by atoms with Gasteiger partial charge in [0, 0.05) is 6.54 Å². The third-order valence-electron chi connectivity index (χ3n) is 1.94. The summed E-state index contributed by atoms with van der Waals surface area (Å²) in [6.07, 6.45) is 1.58. The Morgan fingerprint density at radius 2 is 2.38 bits per heavy atom. The van der Waals surface area contributed by atoms with Crippen molar-refractivity contribution < 1.29 is 13.9 Å². The Balaban J connectivity index is 2.48. The highest BCUT2D eigenvalue weighted by atomic mass is 19.1. The number of halogens is 1. The van der Waals surface area contributed by atoms with Gasteiger partial charge in [0.1, 0.15) is 11.6 Å². The van der Waals surface area contributed by atoms with Crippen LogP contribution in [0.1, 0.15) is 5.56 Å². The normalized spacial score (nSPS) is 9.62.